The Balaban J connectivity index is 1.69. The summed E-state index contributed by atoms with van der Waals surface area (Å²) >= 11 is 0. The number of likely N-dealkylation sites (N-methyl/N-ethyl adjacent to an activating group) is 1. The second kappa shape index (κ2) is 6.33. The van der Waals surface area contributed by atoms with Crippen molar-refractivity contribution >= 4 is 0 Å². The van der Waals surface area contributed by atoms with Gasteiger partial charge in [-0.2, -0.15) is 0 Å². The van der Waals surface area contributed by atoms with Crippen molar-refractivity contribution in [1.82, 2.24) is 9.80 Å². The van der Waals surface area contributed by atoms with Crippen LogP contribution in [0.3, 0.4) is 0 Å². The van der Waals surface area contributed by atoms with Gasteiger partial charge < -0.3 is 5.73 Å². The molecule has 2 bridgehead atoms. The molecule has 3 rings (SSSR count). The van der Waals surface area contributed by atoms with Crippen LogP contribution < -0.4 is 5.73 Å². The normalized spacial score (nSPS) is 43.6. The average Bonchev–Trinajstić information content (AvgIpc) is 2.71. The predicted octanol–water partition coefficient (Wildman–Crippen LogP) is 2.31. The van der Waals surface area contributed by atoms with Crippen LogP contribution in [0.5, 0.6) is 0 Å². The zero-order chi connectivity index (χ0) is 14.1. The summed E-state index contributed by atoms with van der Waals surface area (Å²) in [5, 5.41) is 0. The fourth-order valence-electron chi connectivity index (χ4n) is 5.02. The molecule has 1 saturated carbocycles. The summed E-state index contributed by atoms with van der Waals surface area (Å²) in [4.78, 5) is 5.50. The predicted molar refractivity (Wildman–Crippen MR) is 84.7 cm³/mol. The summed E-state index contributed by atoms with van der Waals surface area (Å²) in [5.41, 5.74) is 6.09. The Morgan fingerprint density at radius 1 is 1.05 bits per heavy atom. The van der Waals surface area contributed by atoms with Crippen LogP contribution in [0, 0.1) is 11.8 Å². The average molecular weight is 279 g/mol. The highest BCUT2D eigenvalue weighted by atomic mass is 15.3. The van der Waals surface area contributed by atoms with Gasteiger partial charge >= 0.3 is 0 Å². The third-order valence-electron chi connectivity index (χ3n) is 6.59. The maximum absolute atomic E-state index is 6.09. The Hall–Kier alpha value is -0.120. The lowest BCUT2D eigenvalue weighted by Crippen LogP contribution is -2.49. The molecule has 2 saturated heterocycles. The highest BCUT2D eigenvalue weighted by Crippen LogP contribution is 2.36. The highest BCUT2D eigenvalue weighted by molar-refractivity contribution is 4.95. The van der Waals surface area contributed by atoms with Crippen LogP contribution in [0.4, 0.5) is 0 Å². The molecule has 3 heteroatoms. The first kappa shape index (κ1) is 14.8. The molecule has 3 fully saturated rings. The quantitative estimate of drug-likeness (QED) is 0.860. The largest absolute Gasteiger partial charge is 0.330 e. The molecule has 2 N–H and O–H groups in total. The van der Waals surface area contributed by atoms with Crippen LogP contribution in [-0.2, 0) is 0 Å². The van der Waals surface area contributed by atoms with E-state index in [2.05, 4.69) is 23.8 Å². The molecule has 0 radical (unpaired) electrons. The number of hydrogen-bond acceptors (Lipinski definition) is 3. The SMILES string of the molecule is CCC1CCC(CN)C(N2CCC3CCC(C2)N3C)C1. The molecule has 0 aromatic rings. The van der Waals surface area contributed by atoms with Crippen molar-refractivity contribution in [2.75, 3.05) is 26.7 Å². The van der Waals surface area contributed by atoms with E-state index in [-0.39, 0.29) is 0 Å². The van der Waals surface area contributed by atoms with E-state index in [1.54, 1.807) is 0 Å². The summed E-state index contributed by atoms with van der Waals surface area (Å²) in [5.74, 6) is 1.70. The second-order valence-corrected chi connectivity index (χ2v) is 7.48. The lowest BCUT2D eigenvalue weighted by atomic mass is 9.76. The number of likely N-dealkylation sites (tertiary alicyclic amines) is 1. The fraction of sp³-hybridized carbons (Fsp3) is 1.00. The number of nitrogens with zero attached hydrogens (tertiary/aromatic N) is 2. The van der Waals surface area contributed by atoms with E-state index >= 15 is 0 Å². The Labute approximate surface area is 124 Å². The topological polar surface area (TPSA) is 32.5 Å². The van der Waals surface area contributed by atoms with Gasteiger partial charge in [-0.05, 0) is 64.1 Å². The molecule has 0 spiro atoms. The molecule has 5 unspecified atom stereocenters. The molecule has 116 valence electrons. The van der Waals surface area contributed by atoms with E-state index < -0.39 is 0 Å². The van der Waals surface area contributed by atoms with E-state index in [9.17, 15) is 0 Å². The van der Waals surface area contributed by atoms with Crippen LogP contribution >= 0.6 is 0 Å². The molecule has 3 aliphatic rings. The van der Waals surface area contributed by atoms with E-state index in [1.165, 1.54) is 58.0 Å². The number of hydrogen-bond donors (Lipinski definition) is 1. The first-order valence-electron chi connectivity index (χ1n) is 8.89. The van der Waals surface area contributed by atoms with Gasteiger partial charge in [-0.3, -0.25) is 9.80 Å². The Kier molecular flexibility index (Phi) is 4.68. The van der Waals surface area contributed by atoms with Crippen molar-refractivity contribution in [1.29, 1.82) is 0 Å². The van der Waals surface area contributed by atoms with Crippen molar-refractivity contribution in [3.05, 3.63) is 0 Å². The molecular weight excluding hydrogens is 246 g/mol. The lowest BCUT2D eigenvalue weighted by molar-refractivity contribution is 0.0727. The molecule has 20 heavy (non-hydrogen) atoms. The van der Waals surface area contributed by atoms with Gasteiger partial charge in [0.05, 0.1) is 0 Å². The Morgan fingerprint density at radius 2 is 1.85 bits per heavy atom. The van der Waals surface area contributed by atoms with Gasteiger partial charge in [-0.25, -0.2) is 0 Å². The van der Waals surface area contributed by atoms with Gasteiger partial charge in [0.1, 0.15) is 0 Å². The first-order valence-corrected chi connectivity index (χ1v) is 8.89. The van der Waals surface area contributed by atoms with Crippen molar-refractivity contribution < 1.29 is 0 Å². The van der Waals surface area contributed by atoms with Gasteiger partial charge in [-0.15, -0.1) is 0 Å². The van der Waals surface area contributed by atoms with Crippen molar-refractivity contribution in [2.24, 2.45) is 17.6 Å². The van der Waals surface area contributed by atoms with Crippen molar-refractivity contribution in [3.63, 3.8) is 0 Å². The minimum atomic E-state index is 0.750. The molecule has 2 heterocycles. The van der Waals surface area contributed by atoms with E-state index in [1.807, 2.05) is 0 Å². The van der Waals surface area contributed by atoms with E-state index in [0.717, 1.165) is 36.5 Å². The summed E-state index contributed by atoms with van der Waals surface area (Å²) in [6, 6.07) is 2.43. The third kappa shape index (κ3) is 2.77. The second-order valence-electron chi connectivity index (χ2n) is 7.48. The fourth-order valence-corrected chi connectivity index (χ4v) is 5.02. The summed E-state index contributed by atoms with van der Waals surface area (Å²) < 4.78 is 0. The summed E-state index contributed by atoms with van der Waals surface area (Å²) in [7, 11) is 2.35. The molecule has 0 amide bonds. The number of rotatable bonds is 3. The van der Waals surface area contributed by atoms with Crippen LogP contribution in [-0.4, -0.2) is 54.6 Å². The maximum Gasteiger partial charge on any atom is 0.0223 e. The van der Waals surface area contributed by atoms with E-state index in [0.29, 0.717) is 0 Å². The van der Waals surface area contributed by atoms with Crippen LogP contribution in [0.15, 0.2) is 0 Å². The molecule has 0 aromatic carbocycles. The van der Waals surface area contributed by atoms with Crippen LogP contribution in [0.25, 0.3) is 0 Å². The minimum Gasteiger partial charge on any atom is -0.330 e. The zero-order valence-corrected chi connectivity index (χ0v) is 13.4. The van der Waals surface area contributed by atoms with Crippen LogP contribution in [0.2, 0.25) is 0 Å². The number of fused-ring (bicyclic) bond motifs is 2. The molecule has 3 nitrogen and oxygen atoms in total. The standard InChI is InChI=1S/C17H33N3/c1-3-13-4-5-14(11-18)17(10-13)20-9-8-15-6-7-16(12-20)19(15)2/h13-17H,3-12,18H2,1-2H3. The summed E-state index contributed by atoms with van der Waals surface area (Å²) in [6.07, 6.45) is 9.74. The highest BCUT2D eigenvalue weighted by Gasteiger charge is 2.39. The Bertz CT molecular complexity index is 319. The molecule has 0 aromatic heterocycles. The monoisotopic (exact) mass is 279 g/mol. The first-order chi connectivity index (χ1) is 9.72. The minimum absolute atomic E-state index is 0.750. The number of nitrogens with two attached hydrogens (primary N) is 1. The third-order valence-corrected chi connectivity index (χ3v) is 6.59. The zero-order valence-electron chi connectivity index (χ0n) is 13.4. The van der Waals surface area contributed by atoms with E-state index in [4.69, 9.17) is 5.73 Å². The van der Waals surface area contributed by atoms with Gasteiger partial charge in [0.25, 0.3) is 0 Å². The van der Waals surface area contributed by atoms with Crippen LogP contribution in [0.1, 0.15) is 51.9 Å². The van der Waals surface area contributed by atoms with Gasteiger partial charge in [-0.1, -0.05) is 19.8 Å². The Morgan fingerprint density at radius 3 is 2.60 bits per heavy atom. The molecule has 2 aliphatic heterocycles. The molecule has 1 aliphatic carbocycles. The lowest BCUT2D eigenvalue weighted by Gasteiger charge is -2.43. The maximum atomic E-state index is 6.09. The van der Waals surface area contributed by atoms with Gasteiger partial charge in [0.15, 0.2) is 0 Å². The van der Waals surface area contributed by atoms with Gasteiger partial charge in [0, 0.05) is 24.7 Å². The van der Waals surface area contributed by atoms with Gasteiger partial charge in [0.2, 0.25) is 0 Å². The smallest absolute Gasteiger partial charge is 0.0223 e. The van der Waals surface area contributed by atoms with Crippen molar-refractivity contribution in [2.45, 2.75) is 70.0 Å². The van der Waals surface area contributed by atoms with Crippen molar-refractivity contribution in [3.8, 4) is 0 Å². The summed E-state index contributed by atoms with van der Waals surface area (Å²) in [6.45, 7) is 5.86. The molecular formula is C17H33N3. The molecule has 5 atom stereocenters.